The summed E-state index contributed by atoms with van der Waals surface area (Å²) in [5.74, 6) is 1.02. The molecule has 14 aromatic carbocycles. The molecular weight excluding hydrogens is 1370 g/mol. The van der Waals surface area contributed by atoms with E-state index in [9.17, 15) is 10.2 Å². The fourth-order valence-corrected chi connectivity index (χ4v) is 18.8. The Hall–Kier alpha value is -10.6. The quantitative estimate of drug-likeness (QED) is 0.0556. The molecule has 106 heavy (non-hydrogen) atoms. The third-order valence-corrected chi connectivity index (χ3v) is 24.2. The molecule has 0 fully saturated rings. The van der Waals surface area contributed by atoms with Crippen molar-refractivity contribution in [3.05, 3.63) is 496 Å². The second-order valence-corrected chi connectivity index (χ2v) is 30.6. The number of hydrogen-bond donors (Lipinski definition) is 2. The second kappa shape index (κ2) is 33.6. The van der Waals surface area contributed by atoms with E-state index in [1.54, 1.807) is 0 Å². The van der Waals surface area contributed by atoms with Crippen LogP contribution in [0.4, 0.5) is 5.69 Å². The molecule has 0 saturated heterocycles. The molecule has 4 heteroatoms. The van der Waals surface area contributed by atoms with Crippen molar-refractivity contribution in [2.24, 2.45) is 3.50 Å². The molecule has 0 amide bonds. The van der Waals surface area contributed by atoms with Crippen LogP contribution >= 0.6 is 0 Å². The molecule has 14 aromatic rings. The van der Waals surface area contributed by atoms with Gasteiger partial charge in [0.25, 0.3) is 0 Å². The summed E-state index contributed by atoms with van der Waals surface area (Å²) in [5.41, 5.74) is 11.0. The minimum atomic E-state index is -1.45. The van der Waals surface area contributed by atoms with E-state index < -0.39 is 50.8 Å². The molecule has 0 atom stereocenters. The fourth-order valence-electron chi connectivity index (χ4n) is 17.0. The Morgan fingerprint density at radius 1 is 0.226 bits per heavy atom. The molecule has 3 nitrogen and oxygen atoms in total. The summed E-state index contributed by atoms with van der Waals surface area (Å²) in [4.78, 5) is 0. The number of hydrogen-bond acceptors (Lipinski definition) is 3. The van der Waals surface area contributed by atoms with Crippen molar-refractivity contribution in [2.45, 2.75) is 106 Å². The molecule has 0 heterocycles. The third kappa shape index (κ3) is 14.3. The van der Waals surface area contributed by atoms with Crippen molar-refractivity contribution >= 4 is 10.1 Å². The van der Waals surface area contributed by atoms with Gasteiger partial charge >= 0.3 is 156 Å². The summed E-state index contributed by atoms with van der Waals surface area (Å²) in [5, 5.41) is 28.1. The molecule has 0 unspecified atom stereocenters. The van der Waals surface area contributed by atoms with Gasteiger partial charge in [-0.2, -0.15) is 0 Å². The molecule has 0 aliphatic heterocycles. The Morgan fingerprint density at radius 3 is 0.528 bits per heavy atom. The van der Waals surface area contributed by atoms with Gasteiger partial charge in [0.2, 0.25) is 0 Å². The van der Waals surface area contributed by atoms with Crippen LogP contribution < -0.4 is 0 Å². The first kappa shape index (κ1) is 75.1. The monoisotopic (exact) mass is 1470 g/mol. The van der Waals surface area contributed by atoms with E-state index in [1.165, 1.54) is 22.4 Å². The molecule has 14 rings (SSSR count). The van der Waals surface area contributed by atoms with Crippen LogP contribution in [-0.2, 0) is 45.0 Å². The predicted octanol–water partition coefficient (Wildman–Crippen LogP) is 24.2. The van der Waals surface area contributed by atoms with E-state index in [-0.39, 0.29) is 5.41 Å². The molecule has 0 radical (unpaired) electrons. The maximum Gasteiger partial charge on any atom is 0.0974 e. The van der Waals surface area contributed by atoms with E-state index in [4.69, 9.17) is 3.50 Å². The molecule has 0 bridgehead atoms. The van der Waals surface area contributed by atoms with E-state index >= 15 is 0 Å². The van der Waals surface area contributed by atoms with Gasteiger partial charge in [-0.1, -0.05) is 364 Å². The van der Waals surface area contributed by atoms with Crippen LogP contribution in [-0.4, -0.2) is 25.8 Å². The molecular formula is C102H97MoNO2. The van der Waals surface area contributed by atoms with Gasteiger partial charge in [-0.3, -0.25) is 0 Å². The molecule has 0 saturated carbocycles. The standard InChI is InChI=1S/2C40H34O.C12H17N.C10H12.Mo/c2*1-38(41,39(32-20-8-2-9-21-32,33-22-10-3-11-23-33)34-24-12-4-13-25-34)40(35-26-14-5-15-27-35,36-28-16-6-17-29-36)37-30-18-7-19-31-37;1-8(2)10-6-5-7-11(9(3)4)12(10)13;1-10(2,3)9-7-5-4-6-8-9;/h2*2-31,41H,1H3;5-9H,1-4H3;1,4-8H,2-3H3;. The number of nitrogens with zero attached hydrogens (tertiary/aromatic N) is 1. The van der Waals surface area contributed by atoms with Gasteiger partial charge < -0.3 is 10.2 Å². The van der Waals surface area contributed by atoms with Gasteiger partial charge in [0, 0.05) is 0 Å². The Morgan fingerprint density at radius 2 is 0.377 bits per heavy atom. The van der Waals surface area contributed by atoms with Gasteiger partial charge in [0.05, 0.1) is 32.9 Å². The van der Waals surface area contributed by atoms with Crippen molar-refractivity contribution in [1.82, 2.24) is 0 Å². The fraction of sp³-hybridized carbons (Fsp3) is 0.167. The van der Waals surface area contributed by atoms with Crippen LogP contribution in [0.5, 0.6) is 0 Å². The topological polar surface area (TPSA) is 52.8 Å². The smallest absolute Gasteiger partial charge is 0.0974 e. The Balaban J connectivity index is 0.000000155. The Labute approximate surface area is 638 Å². The first-order chi connectivity index (χ1) is 51.6. The van der Waals surface area contributed by atoms with Gasteiger partial charge in [-0.25, -0.2) is 0 Å². The first-order valence-electron chi connectivity index (χ1n) is 37.1. The van der Waals surface area contributed by atoms with Gasteiger partial charge in [0.15, 0.2) is 0 Å². The summed E-state index contributed by atoms with van der Waals surface area (Å²) >= 11 is -0.553. The van der Waals surface area contributed by atoms with E-state index in [0.717, 1.165) is 66.8 Å². The zero-order valence-corrected chi connectivity index (χ0v) is 64.2. The Kier molecular flexibility index (Phi) is 23.8. The van der Waals surface area contributed by atoms with E-state index in [1.807, 2.05) is 86.6 Å². The normalized spacial score (nSPS) is 12.0. The SMILES string of the molecule is CC(C)c1cccc(C(C)C)c1[N]=[Mo]=[CH]C(C)(C)c1ccccc1.CC(O)(C(c1ccccc1)(c1ccccc1)c1ccccc1)C(c1ccccc1)(c1ccccc1)c1ccccc1.CC(O)(C(c1ccccc1)(c1ccccc1)c1ccccc1)C(c1ccccc1)(c1ccccc1)c1ccccc1. The summed E-state index contributed by atoms with van der Waals surface area (Å²) < 4.78 is 7.59. The average molecular weight is 1460 g/mol. The molecule has 2 N–H and O–H groups in total. The van der Waals surface area contributed by atoms with Gasteiger partial charge in [-0.15, -0.1) is 0 Å². The van der Waals surface area contributed by atoms with Gasteiger partial charge in [0.1, 0.15) is 0 Å². The molecule has 0 aliphatic carbocycles. The second-order valence-electron chi connectivity index (χ2n) is 29.0. The Bertz CT molecular complexity index is 4130. The summed E-state index contributed by atoms with van der Waals surface area (Å²) in [6.45, 7) is 17.7. The van der Waals surface area contributed by atoms with Crippen LogP contribution in [0.1, 0.15) is 151 Å². The molecule has 0 aromatic heterocycles. The van der Waals surface area contributed by atoms with Gasteiger partial charge in [-0.05, 0) is 80.6 Å². The summed E-state index contributed by atoms with van der Waals surface area (Å²) in [6.07, 6.45) is 0. The van der Waals surface area contributed by atoms with Crippen molar-refractivity contribution in [2.75, 3.05) is 0 Å². The molecule has 528 valence electrons. The summed E-state index contributed by atoms with van der Waals surface area (Å²) in [6, 6.07) is 143. The number of benzene rings is 14. The molecule has 0 spiro atoms. The van der Waals surface area contributed by atoms with Crippen LogP contribution in [0.2, 0.25) is 0 Å². The average Bonchev–Trinajstić information content (AvgIpc) is 0.687. The maximum atomic E-state index is 14.1. The summed E-state index contributed by atoms with van der Waals surface area (Å²) in [7, 11) is 0. The zero-order chi connectivity index (χ0) is 74.1. The van der Waals surface area contributed by atoms with E-state index in [2.05, 4.69) is 386 Å². The van der Waals surface area contributed by atoms with E-state index in [0.29, 0.717) is 11.8 Å². The maximum absolute atomic E-state index is 14.1. The van der Waals surface area contributed by atoms with Crippen molar-refractivity contribution in [1.29, 1.82) is 0 Å². The van der Waals surface area contributed by atoms with Crippen molar-refractivity contribution in [3.8, 4) is 0 Å². The van der Waals surface area contributed by atoms with Crippen LogP contribution in [0, 0.1) is 0 Å². The first-order valence-corrected chi connectivity index (χ1v) is 39.2. The van der Waals surface area contributed by atoms with Crippen LogP contribution in [0.15, 0.2) is 416 Å². The number of aliphatic hydroxyl groups is 2. The number of rotatable bonds is 21. The van der Waals surface area contributed by atoms with Crippen molar-refractivity contribution in [3.63, 3.8) is 0 Å². The zero-order valence-electron chi connectivity index (χ0n) is 62.2. The van der Waals surface area contributed by atoms with Crippen molar-refractivity contribution < 1.29 is 28.1 Å². The third-order valence-electron chi connectivity index (χ3n) is 21.8. The van der Waals surface area contributed by atoms with Crippen LogP contribution in [0.25, 0.3) is 0 Å². The largest absolute Gasteiger partial charge is 0.387 e. The minimum Gasteiger partial charge on any atom is -0.387 e. The molecule has 0 aliphatic rings. The van der Waals surface area contributed by atoms with Crippen LogP contribution in [0.3, 0.4) is 0 Å². The minimum absolute atomic E-state index is 0.0811. The predicted molar refractivity (Wildman–Crippen MR) is 440 cm³/mol.